The number of carbonyl (C=O) groups is 1. The first kappa shape index (κ1) is 16.0. The molecule has 0 spiro atoms. The Balaban J connectivity index is 1.57. The summed E-state index contributed by atoms with van der Waals surface area (Å²) in [6.45, 7) is 4.24. The Morgan fingerprint density at radius 2 is 2.13 bits per heavy atom. The van der Waals surface area contributed by atoms with Gasteiger partial charge in [0.25, 0.3) is 0 Å². The van der Waals surface area contributed by atoms with Crippen molar-refractivity contribution >= 4 is 16.9 Å². The van der Waals surface area contributed by atoms with E-state index < -0.39 is 6.10 Å². The molecule has 2 N–H and O–H groups in total. The molecule has 0 aliphatic carbocycles. The van der Waals surface area contributed by atoms with E-state index in [-0.39, 0.29) is 11.9 Å². The van der Waals surface area contributed by atoms with Crippen molar-refractivity contribution < 1.29 is 14.6 Å². The minimum Gasteiger partial charge on any atom is -0.465 e. The van der Waals surface area contributed by atoms with E-state index in [1.165, 1.54) is 0 Å². The van der Waals surface area contributed by atoms with Crippen molar-refractivity contribution in [2.45, 2.75) is 25.9 Å². The maximum absolute atomic E-state index is 11.5. The van der Waals surface area contributed by atoms with Crippen LogP contribution in [0.25, 0.3) is 10.9 Å². The van der Waals surface area contributed by atoms with Gasteiger partial charge in [0.15, 0.2) is 0 Å². The van der Waals surface area contributed by atoms with Crippen LogP contribution in [0.5, 0.6) is 0 Å². The predicted molar refractivity (Wildman–Crippen MR) is 89.1 cm³/mol. The quantitative estimate of drug-likeness (QED) is 0.832. The third kappa shape index (κ3) is 3.74. The first-order chi connectivity index (χ1) is 11.2. The molecule has 0 amide bonds. The molecule has 5 heteroatoms. The molecular weight excluding hydrogens is 292 g/mol. The Bertz CT molecular complexity index is 626. The second-order valence-electron chi connectivity index (χ2n) is 6.18. The molecule has 0 bridgehead atoms. The minimum absolute atomic E-state index is 0.165. The zero-order chi connectivity index (χ0) is 16.2. The summed E-state index contributed by atoms with van der Waals surface area (Å²) >= 11 is 0. The lowest BCUT2D eigenvalue weighted by molar-refractivity contribution is -0.144. The highest BCUT2D eigenvalue weighted by Crippen LogP contribution is 2.31. The van der Waals surface area contributed by atoms with E-state index in [1.54, 1.807) is 0 Å². The summed E-state index contributed by atoms with van der Waals surface area (Å²) in [6, 6.07) is 10.1. The van der Waals surface area contributed by atoms with Gasteiger partial charge in [-0.3, -0.25) is 9.69 Å². The highest BCUT2D eigenvalue weighted by atomic mass is 16.5. The van der Waals surface area contributed by atoms with E-state index in [4.69, 9.17) is 4.74 Å². The van der Waals surface area contributed by atoms with Crippen LogP contribution in [-0.2, 0) is 9.53 Å². The molecular formula is C18H24N2O3. The van der Waals surface area contributed by atoms with Crippen LogP contribution in [0.1, 0.15) is 31.6 Å². The number of benzene rings is 1. The molecule has 0 saturated carbocycles. The molecule has 1 fully saturated rings. The van der Waals surface area contributed by atoms with Crippen LogP contribution in [0.3, 0.4) is 0 Å². The third-order valence-electron chi connectivity index (χ3n) is 4.61. The van der Waals surface area contributed by atoms with Gasteiger partial charge in [0.1, 0.15) is 0 Å². The second kappa shape index (κ2) is 7.15. The fraction of sp³-hybridized carbons (Fsp3) is 0.500. The van der Waals surface area contributed by atoms with Crippen LogP contribution in [0.15, 0.2) is 30.3 Å². The Morgan fingerprint density at radius 3 is 2.83 bits per heavy atom. The SMILES string of the molecule is CCOC(=O)CN1CCC(C(O)c2cc3ccccc3[nH]2)CC1. The van der Waals surface area contributed by atoms with Gasteiger partial charge in [0.2, 0.25) is 0 Å². The molecule has 2 heterocycles. The number of hydrogen-bond donors (Lipinski definition) is 2. The van der Waals surface area contributed by atoms with Gasteiger partial charge in [0.05, 0.1) is 19.3 Å². The van der Waals surface area contributed by atoms with Gasteiger partial charge in [-0.2, -0.15) is 0 Å². The number of aromatic nitrogens is 1. The molecule has 1 atom stereocenters. The van der Waals surface area contributed by atoms with E-state index in [0.717, 1.165) is 42.5 Å². The van der Waals surface area contributed by atoms with Crippen LogP contribution in [0, 0.1) is 5.92 Å². The Morgan fingerprint density at radius 1 is 1.39 bits per heavy atom. The summed E-state index contributed by atoms with van der Waals surface area (Å²) < 4.78 is 4.99. The van der Waals surface area contributed by atoms with Crippen molar-refractivity contribution in [3.8, 4) is 0 Å². The van der Waals surface area contributed by atoms with Crippen molar-refractivity contribution in [3.05, 3.63) is 36.0 Å². The molecule has 1 aliphatic rings. The number of esters is 1. The fourth-order valence-electron chi connectivity index (χ4n) is 3.33. The van der Waals surface area contributed by atoms with E-state index in [1.807, 2.05) is 37.3 Å². The van der Waals surface area contributed by atoms with E-state index in [9.17, 15) is 9.90 Å². The fourth-order valence-corrected chi connectivity index (χ4v) is 3.33. The molecule has 3 rings (SSSR count). The number of H-pyrrole nitrogens is 1. The number of para-hydroxylation sites is 1. The monoisotopic (exact) mass is 316 g/mol. The van der Waals surface area contributed by atoms with E-state index in [2.05, 4.69) is 9.88 Å². The number of nitrogens with one attached hydrogen (secondary N) is 1. The van der Waals surface area contributed by atoms with Crippen LogP contribution in [0.4, 0.5) is 0 Å². The van der Waals surface area contributed by atoms with Crippen LogP contribution >= 0.6 is 0 Å². The molecule has 1 saturated heterocycles. The number of likely N-dealkylation sites (tertiary alicyclic amines) is 1. The molecule has 5 nitrogen and oxygen atoms in total. The zero-order valence-corrected chi connectivity index (χ0v) is 13.5. The van der Waals surface area contributed by atoms with Gasteiger partial charge in [0, 0.05) is 11.2 Å². The van der Waals surface area contributed by atoms with Gasteiger partial charge >= 0.3 is 5.97 Å². The summed E-state index contributed by atoms with van der Waals surface area (Å²) in [5.74, 6) is 0.0589. The predicted octanol–water partition coefficient (Wildman–Crippen LogP) is 2.48. The number of rotatable bonds is 5. The van der Waals surface area contributed by atoms with Crippen molar-refractivity contribution in [2.75, 3.05) is 26.2 Å². The van der Waals surface area contributed by atoms with E-state index in [0.29, 0.717) is 13.2 Å². The lowest BCUT2D eigenvalue weighted by Gasteiger charge is -2.33. The number of aliphatic hydroxyl groups excluding tert-OH is 1. The largest absolute Gasteiger partial charge is 0.465 e. The standard InChI is InChI=1S/C18H24N2O3/c1-2-23-17(21)12-20-9-7-13(8-10-20)18(22)16-11-14-5-3-4-6-15(14)19-16/h3-6,11,13,18-19,22H,2,7-10,12H2,1H3. The minimum atomic E-state index is -0.479. The average molecular weight is 316 g/mol. The number of ether oxygens (including phenoxy) is 1. The molecule has 124 valence electrons. The summed E-state index contributed by atoms with van der Waals surface area (Å²) in [6.07, 6.45) is 1.29. The maximum atomic E-state index is 11.5. The summed E-state index contributed by atoms with van der Waals surface area (Å²) in [5, 5.41) is 11.8. The average Bonchev–Trinajstić information content (AvgIpc) is 2.99. The van der Waals surface area contributed by atoms with Crippen molar-refractivity contribution in [3.63, 3.8) is 0 Å². The first-order valence-electron chi connectivity index (χ1n) is 8.31. The highest BCUT2D eigenvalue weighted by Gasteiger charge is 2.28. The van der Waals surface area contributed by atoms with Gasteiger partial charge in [-0.15, -0.1) is 0 Å². The lowest BCUT2D eigenvalue weighted by atomic mass is 9.89. The number of aromatic amines is 1. The Labute approximate surface area is 136 Å². The number of piperidine rings is 1. The van der Waals surface area contributed by atoms with Gasteiger partial charge in [-0.1, -0.05) is 18.2 Å². The third-order valence-corrected chi connectivity index (χ3v) is 4.61. The van der Waals surface area contributed by atoms with Crippen LogP contribution in [0.2, 0.25) is 0 Å². The summed E-state index contributed by atoms with van der Waals surface area (Å²) in [5.41, 5.74) is 1.94. The van der Waals surface area contributed by atoms with Crippen molar-refractivity contribution in [2.24, 2.45) is 5.92 Å². The van der Waals surface area contributed by atoms with Crippen LogP contribution < -0.4 is 0 Å². The lowest BCUT2D eigenvalue weighted by Crippen LogP contribution is -2.39. The zero-order valence-electron chi connectivity index (χ0n) is 13.5. The molecule has 23 heavy (non-hydrogen) atoms. The molecule has 2 aromatic rings. The molecule has 1 aromatic carbocycles. The molecule has 1 aromatic heterocycles. The molecule has 1 unspecified atom stereocenters. The number of carbonyl (C=O) groups excluding carboxylic acids is 1. The normalized spacial score (nSPS) is 18.2. The van der Waals surface area contributed by atoms with Gasteiger partial charge in [-0.05, 0) is 56.3 Å². The molecule has 0 radical (unpaired) electrons. The van der Waals surface area contributed by atoms with E-state index >= 15 is 0 Å². The van der Waals surface area contributed by atoms with Gasteiger partial charge in [-0.25, -0.2) is 0 Å². The number of aliphatic hydroxyl groups is 1. The topological polar surface area (TPSA) is 65.6 Å². The Hall–Kier alpha value is -1.85. The smallest absolute Gasteiger partial charge is 0.320 e. The molecule has 1 aliphatic heterocycles. The van der Waals surface area contributed by atoms with Gasteiger partial charge < -0.3 is 14.8 Å². The number of hydrogen-bond acceptors (Lipinski definition) is 4. The first-order valence-corrected chi connectivity index (χ1v) is 8.31. The highest BCUT2D eigenvalue weighted by molar-refractivity contribution is 5.80. The Kier molecular flexibility index (Phi) is 4.98. The summed E-state index contributed by atoms with van der Waals surface area (Å²) in [7, 11) is 0. The summed E-state index contributed by atoms with van der Waals surface area (Å²) in [4.78, 5) is 16.9. The number of nitrogens with zero attached hydrogens (tertiary/aromatic N) is 1. The maximum Gasteiger partial charge on any atom is 0.320 e. The van der Waals surface area contributed by atoms with Crippen molar-refractivity contribution in [1.82, 2.24) is 9.88 Å². The second-order valence-corrected chi connectivity index (χ2v) is 6.18. The van der Waals surface area contributed by atoms with Crippen LogP contribution in [-0.4, -0.2) is 47.2 Å². The van der Waals surface area contributed by atoms with Crippen molar-refractivity contribution in [1.29, 1.82) is 0 Å². The number of fused-ring (bicyclic) bond motifs is 1.